The number of aldehydes is 1. The Hall–Kier alpha value is -2.52. The molecule has 1 N–H and O–H groups in total. The van der Waals surface area contributed by atoms with Gasteiger partial charge in [-0.25, -0.2) is 13.1 Å². The Labute approximate surface area is 137 Å². The second-order valence-electron chi connectivity index (χ2n) is 5.59. The summed E-state index contributed by atoms with van der Waals surface area (Å²) in [5, 5.41) is 11.3. The first-order valence-electron chi connectivity index (χ1n) is 7.18. The zero-order valence-electron chi connectivity index (χ0n) is 12.7. The highest BCUT2D eigenvalue weighted by Gasteiger charge is 2.30. The summed E-state index contributed by atoms with van der Waals surface area (Å²) in [4.78, 5) is 21.2. The van der Waals surface area contributed by atoms with Gasteiger partial charge in [-0.15, -0.1) is 0 Å². The summed E-state index contributed by atoms with van der Waals surface area (Å²) >= 11 is 0. The number of rotatable bonds is 6. The number of nitrogens with one attached hydrogen (secondary N) is 1. The Morgan fingerprint density at radius 2 is 2.04 bits per heavy atom. The average Bonchev–Trinajstić information content (AvgIpc) is 3.19. The van der Waals surface area contributed by atoms with Crippen molar-refractivity contribution in [2.45, 2.75) is 30.7 Å². The maximum atomic E-state index is 12.4. The Bertz CT molecular complexity index is 927. The van der Waals surface area contributed by atoms with Crippen LogP contribution in [-0.2, 0) is 10.0 Å². The Kier molecular flexibility index (Phi) is 3.98. The van der Waals surface area contributed by atoms with Crippen LogP contribution in [0.4, 0.5) is 5.69 Å². The van der Waals surface area contributed by atoms with E-state index in [2.05, 4.69) is 4.72 Å². The summed E-state index contributed by atoms with van der Waals surface area (Å²) in [7, 11) is -3.86. The number of hydrogen-bond acceptors (Lipinski definition) is 6. The molecule has 0 radical (unpaired) electrons. The number of benzene rings is 1. The molecule has 0 spiro atoms. The molecule has 1 fully saturated rings. The van der Waals surface area contributed by atoms with Crippen molar-refractivity contribution >= 4 is 22.0 Å². The van der Waals surface area contributed by atoms with E-state index in [0.717, 1.165) is 18.9 Å². The number of carbonyl (C=O) groups excluding carboxylic acids is 1. The lowest BCUT2D eigenvalue weighted by Gasteiger charge is -2.10. The minimum Gasteiger partial charge on any atom is -0.453 e. The van der Waals surface area contributed by atoms with Gasteiger partial charge >= 0.3 is 0 Å². The van der Waals surface area contributed by atoms with Gasteiger partial charge in [-0.2, -0.15) is 0 Å². The van der Waals surface area contributed by atoms with Crippen LogP contribution < -0.4 is 4.72 Å². The van der Waals surface area contributed by atoms with Crippen LogP contribution in [0.15, 0.2) is 33.6 Å². The van der Waals surface area contributed by atoms with Crippen LogP contribution in [0.5, 0.6) is 0 Å². The molecule has 0 amide bonds. The highest BCUT2D eigenvalue weighted by atomic mass is 32.2. The Morgan fingerprint density at radius 1 is 1.33 bits per heavy atom. The van der Waals surface area contributed by atoms with E-state index in [4.69, 9.17) is 4.42 Å². The molecule has 3 rings (SSSR count). The topological polar surface area (TPSA) is 120 Å². The van der Waals surface area contributed by atoms with Gasteiger partial charge in [-0.3, -0.25) is 14.9 Å². The molecule has 0 aliphatic heterocycles. The van der Waals surface area contributed by atoms with Crippen molar-refractivity contribution in [3.63, 3.8) is 0 Å². The molecule has 1 aromatic carbocycles. The predicted octanol–water partition coefficient (Wildman–Crippen LogP) is 2.42. The second kappa shape index (κ2) is 5.84. The fourth-order valence-corrected chi connectivity index (χ4v) is 3.67. The molecular formula is C15H14N2O6S. The summed E-state index contributed by atoms with van der Waals surface area (Å²) in [5.41, 5.74) is 0.193. The third-order valence-corrected chi connectivity index (χ3v) is 5.27. The summed E-state index contributed by atoms with van der Waals surface area (Å²) in [6.45, 7) is 1.50. The molecule has 1 aliphatic carbocycles. The van der Waals surface area contributed by atoms with Gasteiger partial charge in [-0.1, -0.05) is 0 Å². The van der Waals surface area contributed by atoms with Crippen molar-refractivity contribution < 1.29 is 22.6 Å². The van der Waals surface area contributed by atoms with Gasteiger partial charge in [0.05, 0.1) is 9.82 Å². The molecule has 2 aromatic rings. The monoisotopic (exact) mass is 350 g/mol. The van der Waals surface area contributed by atoms with E-state index in [0.29, 0.717) is 6.29 Å². The van der Waals surface area contributed by atoms with Crippen LogP contribution >= 0.6 is 0 Å². The lowest BCUT2D eigenvalue weighted by molar-refractivity contribution is -0.385. The molecular weight excluding hydrogens is 336 g/mol. The quantitative estimate of drug-likeness (QED) is 0.485. The molecule has 24 heavy (non-hydrogen) atoms. The highest BCUT2D eigenvalue weighted by molar-refractivity contribution is 7.89. The molecule has 1 heterocycles. The molecule has 9 heteroatoms. The second-order valence-corrected chi connectivity index (χ2v) is 7.30. The zero-order chi connectivity index (χ0) is 17.5. The van der Waals surface area contributed by atoms with Crippen molar-refractivity contribution in [2.75, 3.05) is 0 Å². The summed E-state index contributed by atoms with van der Waals surface area (Å²) < 4.78 is 32.6. The van der Waals surface area contributed by atoms with E-state index in [1.807, 2.05) is 0 Å². The van der Waals surface area contributed by atoms with E-state index < -0.39 is 14.9 Å². The minimum absolute atomic E-state index is 0.0522. The lowest BCUT2D eigenvalue weighted by atomic mass is 10.0. The molecule has 0 saturated heterocycles. The van der Waals surface area contributed by atoms with Crippen molar-refractivity contribution in [3.8, 4) is 11.3 Å². The first kappa shape index (κ1) is 16.3. The number of hydrogen-bond donors (Lipinski definition) is 1. The lowest BCUT2D eigenvalue weighted by Crippen LogP contribution is -2.25. The fraction of sp³-hybridized carbons (Fsp3) is 0.267. The molecule has 0 bridgehead atoms. The van der Waals surface area contributed by atoms with Crippen LogP contribution in [0.3, 0.4) is 0 Å². The average molecular weight is 350 g/mol. The van der Waals surface area contributed by atoms with Gasteiger partial charge in [0, 0.05) is 23.2 Å². The van der Waals surface area contributed by atoms with E-state index in [1.54, 1.807) is 0 Å². The fourth-order valence-electron chi connectivity index (χ4n) is 2.32. The maximum Gasteiger partial charge on any atom is 0.274 e. The van der Waals surface area contributed by atoms with E-state index >= 15 is 0 Å². The predicted molar refractivity (Wildman–Crippen MR) is 84.3 cm³/mol. The first-order valence-corrected chi connectivity index (χ1v) is 8.67. The van der Waals surface area contributed by atoms with Crippen LogP contribution in [-0.4, -0.2) is 25.7 Å². The van der Waals surface area contributed by atoms with E-state index in [1.165, 1.54) is 25.1 Å². The number of carbonyl (C=O) groups is 1. The highest BCUT2D eigenvalue weighted by Crippen LogP contribution is 2.34. The summed E-state index contributed by atoms with van der Waals surface area (Å²) in [6, 6.07) is 5.12. The Balaban J connectivity index is 2.16. The normalized spacial score (nSPS) is 14.5. The van der Waals surface area contributed by atoms with Crippen LogP contribution in [0, 0.1) is 17.0 Å². The maximum absolute atomic E-state index is 12.4. The summed E-state index contributed by atoms with van der Waals surface area (Å²) in [5.74, 6) is 0.248. The number of nitro benzene ring substituents is 1. The van der Waals surface area contributed by atoms with E-state index in [9.17, 15) is 23.3 Å². The Morgan fingerprint density at radius 3 is 2.58 bits per heavy atom. The minimum atomic E-state index is -3.86. The van der Waals surface area contributed by atoms with Crippen LogP contribution in [0.25, 0.3) is 11.3 Å². The number of sulfonamides is 1. The van der Waals surface area contributed by atoms with Crippen LogP contribution in [0.1, 0.15) is 29.0 Å². The molecule has 0 unspecified atom stereocenters. The molecule has 8 nitrogen and oxygen atoms in total. The molecule has 1 aromatic heterocycles. The smallest absolute Gasteiger partial charge is 0.274 e. The molecule has 126 valence electrons. The SMILES string of the molecule is Cc1c(-c2ccc(C=O)o2)cc(S(=O)(=O)NC2CC2)cc1[N+](=O)[O-]. The van der Waals surface area contributed by atoms with Gasteiger partial charge in [0.25, 0.3) is 5.69 Å². The molecule has 0 atom stereocenters. The first-order chi connectivity index (χ1) is 11.3. The zero-order valence-corrected chi connectivity index (χ0v) is 13.5. The number of nitrogens with zero attached hydrogens (tertiary/aromatic N) is 1. The molecule has 1 saturated carbocycles. The van der Waals surface area contributed by atoms with Crippen molar-refractivity contribution in [1.82, 2.24) is 4.72 Å². The van der Waals surface area contributed by atoms with Gasteiger partial charge in [0.1, 0.15) is 5.76 Å². The molecule has 1 aliphatic rings. The largest absolute Gasteiger partial charge is 0.453 e. The van der Waals surface area contributed by atoms with Crippen molar-refractivity contribution in [3.05, 3.63) is 45.7 Å². The van der Waals surface area contributed by atoms with Gasteiger partial charge in [-0.05, 0) is 38.0 Å². The van der Waals surface area contributed by atoms with Crippen molar-refractivity contribution in [2.24, 2.45) is 0 Å². The van der Waals surface area contributed by atoms with Crippen LogP contribution in [0.2, 0.25) is 0 Å². The number of furan rings is 1. The van der Waals surface area contributed by atoms with Gasteiger partial charge < -0.3 is 4.42 Å². The number of nitro groups is 1. The third kappa shape index (κ3) is 3.08. The van der Waals surface area contributed by atoms with Gasteiger partial charge in [0.2, 0.25) is 10.0 Å². The van der Waals surface area contributed by atoms with E-state index in [-0.39, 0.29) is 39.3 Å². The standard InChI is InChI=1S/C15H14N2O6S/c1-9-13(15-5-4-11(8-18)23-15)6-12(7-14(9)17(19)20)24(21,22)16-10-2-3-10/h4-8,10,16H,2-3H2,1H3. The van der Waals surface area contributed by atoms with Crippen molar-refractivity contribution in [1.29, 1.82) is 0 Å². The third-order valence-electron chi connectivity index (χ3n) is 3.77. The summed E-state index contributed by atoms with van der Waals surface area (Å²) in [6.07, 6.45) is 2.00. The van der Waals surface area contributed by atoms with Gasteiger partial charge in [0.15, 0.2) is 12.0 Å².